The van der Waals surface area contributed by atoms with E-state index in [9.17, 15) is 22.4 Å². The number of nitrogens with zero attached hydrogens (tertiary/aromatic N) is 2. The van der Waals surface area contributed by atoms with Crippen molar-refractivity contribution in [2.24, 2.45) is 0 Å². The van der Waals surface area contributed by atoms with E-state index >= 15 is 0 Å². The van der Waals surface area contributed by atoms with Gasteiger partial charge in [-0.25, -0.2) is 9.37 Å². The molecule has 3 nitrogen and oxygen atoms in total. The van der Waals surface area contributed by atoms with E-state index in [1.807, 2.05) is 0 Å². The highest BCUT2D eigenvalue weighted by molar-refractivity contribution is 7.98. The molecule has 4 aromatic rings. The topological polar surface area (TPSA) is 34.9 Å². The van der Waals surface area contributed by atoms with Gasteiger partial charge in [0, 0.05) is 11.3 Å². The summed E-state index contributed by atoms with van der Waals surface area (Å²) in [4.78, 5) is 17.5. The SMILES string of the molecule is O=c1c2sccc2nc(SCc2cccc(C(F)(F)F)c2)n1Cc1ccccc1F. The lowest BCUT2D eigenvalue weighted by atomic mass is 10.1. The molecule has 2 aromatic heterocycles. The molecule has 9 heteroatoms. The van der Waals surface area contributed by atoms with Crippen LogP contribution in [0.5, 0.6) is 0 Å². The molecule has 0 atom stereocenters. The van der Waals surface area contributed by atoms with Gasteiger partial charge in [0.05, 0.1) is 17.6 Å². The fraction of sp³-hybridized carbons (Fsp3) is 0.143. The molecule has 2 heterocycles. The van der Waals surface area contributed by atoms with Crippen LogP contribution in [-0.2, 0) is 18.5 Å². The average molecular weight is 450 g/mol. The number of halogens is 4. The molecule has 0 bridgehead atoms. The third-order valence-corrected chi connectivity index (χ3v) is 6.38. The van der Waals surface area contributed by atoms with Crippen molar-refractivity contribution < 1.29 is 17.6 Å². The van der Waals surface area contributed by atoms with Crippen LogP contribution in [0.15, 0.2) is 69.9 Å². The fourth-order valence-corrected chi connectivity index (χ4v) is 4.68. The minimum atomic E-state index is -4.43. The molecule has 30 heavy (non-hydrogen) atoms. The lowest BCUT2D eigenvalue weighted by Crippen LogP contribution is -2.23. The van der Waals surface area contributed by atoms with Crippen LogP contribution in [0.3, 0.4) is 0 Å². The van der Waals surface area contributed by atoms with Gasteiger partial charge in [-0.2, -0.15) is 13.2 Å². The summed E-state index contributed by atoms with van der Waals surface area (Å²) in [6.45, 7) is -0.0166. The van der Waals surface area contributed by atoms with Crippen molar-refractivity contribution in [1.29, 1.82) is 0 Å². The highest BCUT2D eigenvalue weighted by Crippen LogP contribution is 2.31. The Bertz CT molecular complexity index is 1260. The molecule has 2 aromatic carbocycles. The van der Waals surface area contributed by atoms with Crippen LogP contribution >= 0.6 is 23.1 Å². The van der Waals surface area contributed by atoms with Gasteiger partial charge in [-0.1, -0.05) is 48.2 Å². The molecule has 0 N–H and O–H groups in total. The number of thiophene rings is 1. The second-order valence-electron chi connectivity index (χ2n) is 6.50. The molecule has 0 spiro atoms. The van der Waals surface area contributed by atoms with E-state index in [4.69, 9.17) is 0 Å². The maximum absolute atomic E-state index is 14.2. The summed E-state index contributed by atoms with van der Waals surface area (Å²) in [5.41, 5.74) is 0.266. The van der Waals surface area contributed by atoms with Gasteiger partial charge >= 0.3 is 6.18 Å². The number of aromatic nitrogens is 2. The van der Waals surface area contributed by atoms with Gasteiger partial charge in [0.15, 0.2) is 5.16 Å². The lowest BCUT2D eigenvalue weighted by Gasteiger charge is -2.13. The van der Waals surface area contributed by atoms with E-state index in [2.05, 4.69) is 4.98 Å². The predicted octanol–water partition coefficient (Wildman–Crippen LogP) is 5.96. The van der Waals surface area contributed by atoms with E-state index in [0.717, 1.165) is 23.9 Å². The lowest BCUT2D eigenvalue weighted by molar-refractivity contribution is -0.137. The fourth-order valence-electron chi connectivity index (χ4n) is 2.96. The minimum Gasteiger partial charge on any atom is -0.282 e. The minimum absolute atomic E-state index is 0.0166. The first-order valence-electron chi connectivity index (χ1n) is 8.83. The number of benzene rings is 2. The van der Waals surface area contributed by atoms with Crippen LogP contribution < -0.4 is 5.56 Å². The number of fused-ring (bicyclic) bond motifs is 1. The smallest absolute Gasteiger partial charge is 0.282 e. The molecule has 0 saturated carbocycles. The van der Waals surface area contributed by atoms with Gasteiger partial charge < -0.3 is 0 Å². The highest BCUT2D eigenvalue weighted by Gasteiger charge is 2.30. The van der Waals surface area contributed by atoms with Crippen molar-refractivity contribution in [2.45, 2.75) is 23.6 Å². The Balaban J connectivity index is 1.70. The summed E-state index contributed by atoms with van der Waals surface area (Å²) in [5, 5.41) is 2.07. The van der Waals surface area contributed by atoms with Crippen LogP contribution in [0.2, 0.25) is 0 Å². The predicted molar refractivity (Wildman–Crippen MR) is 110 cm³/mol. The Kier molecular flexibility index (Phi) is 5.66. The Morgan fingerprint density at radius 1 is 1.07 bits per heavy atom. The summed E-state index contributed by atoms with van der Waals surface area (Å²) < 4.78 is 54.9. The molecule has 0 fully saturated rings. The Morgan fingerprint density at radius 2 is 1.87 bits per heavy atom. The van der Waals surface area contributed by atoms with Gasteiger partial charge in [0.25, 0.3) is 5.56 Å². The highest BCUT2D eigenvalue weighted by atomic mass is 32.2. The number of hydrogen-bond donors (Lipinski definition) is 0. The quantitative estimate of drug-likeness (QED) is 0.214. The van der Waals surface area contributed by atoms with Crippen molar-refractivity contribution in [3.8, 4) is 0 Å². The Hall–Kier alpha value is -2.65. The molecule has 0 aliphatic carbocycles. The molecular weight excluding hydrogens is 436 g/mol. The summed E-state index contributed by atoms with van der Waals surface area (Å²) >= 11 is 2.39. The molecule has 0 aliphatic heterocycles. The van der Waals surface area contributed by atoms with Gasteiger partial charge in [0.2, 0.25) is 0 Å². The first-order chi connectivity index (χ1) is 14.3. The molecule has 0 aliphatic rings. The first-order valence-corrected chi connectivity index (χ1v) is 10.7. The Morgan fingerprint density at radius 3 is 2.63 bits per heavy atom. The zero-order valence-electron chi connectivity index (χ0n) is 15.3. The van der Waals surface area contributed by atoms with Gasteiger partial charge in [-0.3, -0.25) is 9.36 Å². The van der Waals surface area contributed by atoms with Crippen LogP contribution in [0.25, 0.3) is 10.2 Å². The molecule has 0 amide bonds. The van der Waals surface area contributed by atoms with Gasteiger partial charge in [-0.05, 0) is 29.1 Å². The zero-order valence-corrected chi connectivity index (χ0v) is 17.0. The van der Waals surface area contributed by atoms with E-state index in [1.54, 1.807) is 35.7 Å². The first kappa shape index (κ1) is 20.6. The number of alkyl halides is 3. The maximum atomic E-state index is 14.2. The van der Waals surface area contributed by atoms with Gasteiger partial charge in [-0.15, -0.1) is 11.3 Å². The zero-order chi connectivity index (χ0) is 21.3. The second kappa shape index (κ2) is 8.23. The summed E-state index contributed by atoms with van der Waals surface area (Å²) in [5.74, 6) is -0.256. The monoisotopic (exact) mass is 450 g/mol. The number of hydrogen-bond acceptors (Lipinski definition) is 4. The molecule has 0 radical (unpaired) electrons. The van der Waals surface area contributed by atoms with Crippen LogP contribution in [-0.4, -0.2) is 9.55 Å². The molecular formula is C21H14F4N2OS2. The van der Waals surface area contributed by atoms with E-state index in [-0.39, 0.29) is 17.9 Å². The van der Waals surface area contributed by atoms with Crippen LogP contribution in [0, 0.1) is 5.82 Å². The van der Waals surface area contributed by atoms with Crippen molar-refractivity contribution in [1.82, 2.24) is 9.55 Å². The van der Waals surface area contributed by atoms with E-state index in [1.165, 1.54) is 28.0 Å². The van der Waals surface area contributed by atoms with Crippen LogP contribution in [0.4, 0.5) is 17.6 Å². The maximum Gasteiger partial charge on any atom is 0.416 e. The third-order valence-electron chi connectivity index (χ3n) is 4.44. The number of rotatable bonds is 5. The van der Waals surface area contributed by atoms with Gasteiger partial charge in [0.1, 0.15) is 10.5 Å². The van der Waals surface area contributed by atoms with E-state index < -0.39 is 17.6 Å². The second-order valence-corrected chi connectivity index (χ2v) is 8.36. The normalized spacial score (nSPS) is 11.9. The summed E-state index contributed by atoms with van der Waals surface area (Å²) in [6, 6.07) is 12.9. The average Bonchev–Trinajstić information content (AvgIpc) is 3.19. The molecule has 4 rings (SSSR count). The summed E-state index contributed by atoms with van der Waals surface area (Å²) in [6.07, 6.45) is -4.43. The Labute approximate surface area is 177 Å². The summed E-state index contributed by atoms with van der Waals surface area (Å²) in [7, 11) is 0. The molecule has 154 valence electrons. The van der Waals surface area contributed by atoms with E-state index in [0.29, 0.717) is 26.5 Å². The van der Waals surface area contributed by atoms with Crippen molar-refractivity contribution >= 4 is 33.3 Å². The van der Waals surface area contributed by atoms with Crippen LogP contribution in [0.1, 0.15) is 16.7 Å². The largest absolute Gasteiger partial charge is 0.416 e. The molecule has 0 unspecified atom stereocenters. The molecule has 0 saturated heterocycles. The standard InChI is InChI=1S/C21H14F4N2OS2/c22-16-7-2-1-5-14(16)11-27-19(28)18-17(8-9-29-18)26-20(27)30-12-13-4-3-6-15(10-13)21(23,24)25/h1-10H,11-12H2. The van der Waals surface area contributed by atoms with Crippen molar-refractivity contribution in [3.63, 3.8) is 0 Å². The third kappa shape index (κ3) is 4.27. The van der Waals surface area contributed by atoms with Crippen molar-refractivity contribution in [2.75, 3.05) is 0 Å². The number of thioether (sulfide) groups is 1. The van der Waals surface area contributed by atoms with Crippen molar-refractivity contribution in [3.05, 3.63) is 92.8 Å².